The van der Waals surface area contributed by atoms with Crippen molar-refractivity contribution in [1.29, 1.82) is 0 Å². The van der Waals surface area contributed by atoms with Crippen molar-refractivity contribution in [2.24, 2.45) is 0 Å². The monoisotopic (exact) mass is 281 g/mol. The summed E-state index contributed by atoms with van der Waals surface area (Å²) in [7, 11) is 1.62. The van der Waals surface area contributed by atoms with Gasteiger partial charge in [-0.15, -0.1) is 0 Å². The predicted octanol–water partition coefficient (Wildman–Crippen LogP) is 3.13. The summed E-state index contributed by atoms with van der Waals surface area (Å²) in [5.74, 6) is 1.08. The summed E-state index contributed by atoms with van der Waals surface area (Å²) in [5, 5.41) is 3.70. The molecule has 0 saturated heterocycles. The molecule has 2 N–H and O–H groups in total. The number of methoxy groups -OCH3 is 1. The lowest BCUT2D eigenvalue weighted by Gasteiger charge is -2.03. The van der Waals surface area contributed by atoms with Crippen molar-refractivity contribution in [2.75, 3.05) is 12.4 Å². The molecular weight excluding hydrogens is 266 g/mol. The molecule has 1 aromatic carbocycles. The van der Waals surface area contributed by atoms with Crippen LogP contribution in [0.4, 0.5) is 5.82 Å². The van der Waals surface area contributed by atoms with Gasteiger partial charge in [-0.05, 0) is 48.9 Å². The zero-order valence-electron chi connectivity index (χ0n) is 11.8. The zero-order chi connectivity index (χ0) is 14.8. The normalized spacial score (nSPS) is 10.6. The van der Waals surface area contributed by atoms with Crippen LogP contribution in [0, 0.1) is 6.92 Å². The standard InChI is InChI=1S/C16H15N3O2/c1-10-5-6-17-15(7-10)19-16(20)14-9-11-8-12(21-2)3-4-13(11)18-14/h3-9,18H,1-2H3,(H,17,19,20). The summed E-state index contributed by atoms with van der Waals surface area (Å²) in [6.45, 7) is 1.95. The Morgan fingerprint density at radius 3 is 2.86 bits per heavy atom. The van der Waals surface area contributed by atoms with Crippen molar-refractivity contribution in [1.82, 2.24) is 9.97 Å². The van der Waals surface area contributed by atoms with Gasteiger partial charge in [0.25, 0.3) is 5.91 Å². The third-order valence-electron chi connectivity index (χ3n) is 3.23. The van der Waals surface area contributed by atoms with Crippen LogP contribution in [0.25, 0.3) is 10.9 Å². The molecule has 0 radical (unpaired) electrons. The molecule has 0 unspecified atom stereocenters. The molecule has 3 rings (SSSR count). The number of fused-ring (bicyclic) bond motifs is 1. The number of anilines is 1. The van der Waals surface area contributed by atoms with Gasteiger partial charge < -0.3 is 15.0 Å². The molecule has 0 aliphatic rings. The highest BCUT2D eigenvalue weighted by Gasteiger charge is 2.11. The topological polar surface area (TPSA) is 67.0 Å². The molecule has 0 fully saturated rings. The average molecular weight is 281 g/mol. The van der Waals surface area contributed by atoms with Crippen molar-refractivity contribution >= 4 is 22.6 Å². The number of H-pyrrole nitrogens is 1. The van der Waals surface area contributed by atoms with Gasteiger partial charge in [-0.1, -0.05) is 0 Å². The lowest BCUT2D eigenvalue weighted by Crippen LogP contribution is -2.13. The molecular formula is C16H15N3O2. The van der Waals surface area contributed by atoms with Gasteiger partial charge in [-0.25, -0.2) is 4.98 Å². The Balaban J connectivity index is 1.87. The summed E-state index contributed by atoms with van der Waals surface area (Å²) < 4.78 is 5.18. The molecule has 0 aliphatic carbocycles. The molecule has 2 aromatic heterocycles. The number of rotatable bonds is 3. The molecule has 0 saturated carbocycles. The van der Waals surface area contributed by atoms with Crippen LogP contribution >= 0.6 is 0 Å². The minimum Gasteiger partial charge on any atom is -0.497 e. The number of hydrogen-bond acceptors (Lipinski definition) is 3. The first-order chi connectivity index (χ1) is 10.2. The number of nitrogens with one attached hydrogen (secondary N) is 2. The van der Waals surface area contributed by atoms with Crippen LogP contribution < -0.4 is 10.1 Å². The van der Waals surface area contributed by atoms with E-state index in [-0.39, 0.29) is 5.91 Å². The van der Waals surface area contributed by atoms with Crippen LogP contribution in [0.1, 0.15) is 16.1 Å². The van der Waals surface area contributed by atoms with Gasteiger partial charge in [-0.3, -0.25) is 4.79 Å². The lowest BCUT2D eigenvalue weighted by atomic mass is 10.2. The minimum atomic E-state index is -0.219. The summed E-state index contributed by atoms with van der Waals surface area (Å²) in [6, 6.07) is 11.1. The van der Waals surface area contributed by atoms with E-state index in [1.54, 1.807) is 19.4 Å². The molecule has 0 spiro atoms. The third kappa shape index (κ3) is 2.72. The minimum absolute atomic E-state index is 0.219. The van der Waals surface area contributed by atoms with Gasteiger partial charge in [0.2, 0.25) is 0 Å². The number of pyridine rings is 1. The van der Waals surface area contributed by atoms with E-state index in [1.807, 2.05) is 37.3 Å². The van der Waals surface area contributed by atoms with E-state index in [1.165, 1.54) is 0 Å². The molecule has 1 amide bonds. The fraction of sp³-hybridized carbons (Fsp3) is 0.125. The van der Waals surface area contributed by atoms with Crippen molar-refractivity contribution in [3.05, 3.63) is 53.9 Å². The van der Waals surface area contributed by atoms with E-state index < -0.39 is 0 Å². The fourth-order valence-electron chi connectivity index (χ4n) is 2.15. The Hall–Kier alpha value is -2.82. The fourth-order valence-corrected chi connectivity index (χ4v) is 2.15. The van der Waals surface area contributed by atoms with E-state index in [0.717, 1.165) is 22.2 Å². The van der Waals surface area contributed by atoms with Gasteiger partial charge in [0.15, 0.2) is 0 Å². The predicted molar refractivity (Wildman–Crippen MR) is 81.8 cm³/mol. The Labute approximate surface area is 122 Å². The van der Waals surface area contributed by atoms with Crippen LogP contribution in [-0.2, 0) is 0 Å². The number of amides is 1. The highest BCUT2D eigenvalue weighted by atomic mass is 16.5. The molecule has 5 heteroatoms. The third-order valence-corrected chi connectivity index (χ3v) is 3.23. The number of aryl methyl sites for hydroxylation is 1. The number of carbonyl (C=O) groups excluding carboxylic acids is 1. The van der Waals surface area contributed by atoms with Crippen LogP contribution in [0.2, 0.25) is 0 Å². The van der Waals surface area contributed by atoms with Crippen molar-refractivity contribution in [2.45, 2.75) is 6.92 Å². The average Bonchev–Trinajstić information content (AvgIpc) is 2.90. The van der Waals surface area contributed by atoms with E-state index in [2.05, 4.69) is 15.3 Å². The molecule has 0 bridgehead atoms. The first kappa shape index (κ1) is 13.2. The molecule has 0 aliphatic heterocycles. The van der Waals surface area contributed by atoms with E-state index in [0.29, 0.717) is 11.5 Å². The Morgan fingerprint density at radius 1 is 1.24 bits per heavy atom. The number of ether oxygens (including phenoxy) is 1. The van der Waals surface area contributed by atoms with Crippen LogP contribution in [0.15, 0.2) is 42.6 Å². The number of benzene rings is 1. The largest absolute Gasteiger partial charge is 0.497 e. The van der Waals surface area contributed by atoms with Gasteiger partial charge in [0.05, 0.1) is 7.11 Å². The zero-order valence-corrected chi connectivity index (χ0v) is 11.8. The smallest absolute Gasteiger partial charge is 0.273 e. The highest BCUT2D eigenvalue weighted by Crippen LogP contribution is 2.21. The lowest BCUT2D eigenvalue weighted by molar-refractivity contribution is 0.102. The summed E-state index contributed by atoms with van der Waals surface area (Å²) in [5.41, 5.74) is 2.42. The number of carbonyl (C=O) groups is 1. The number of hydrogen-bond donors (Lipinski definition) is 2. The van der Waals surface area contributed by atoms with Crippen LogP contribution in [-0.4, -0.2) is 23.0 Å². The number of nitrogens with zero attached hydrogens (tertiary/aromatic N) is 1. The van der Waals surface area contributed by atoms with E-state index in [9.17, 15) is 4.79 Å². The second-order valence-electron chi connectivity index (χ2n) is 4.81. The summed E-state index contributed by atoms with van der Waals surface area (Å²) in [6.07, 6.45) is 1.67. The summed E-state index contributed by atoms with van der Waals surface area (Å²) in [4.78, 5) is 19.4. The van der Waals surface area contributed by atoms with E-state index in [4.69, 9.17) is 4.74 Å². The molecule has 2 heterocycles. The van der Waals surface area contributed by atoms with Gasteiger partial charge in [-0.2, -0.15) is 0 Å². The molecule has 0 atom stereocenters. The number of aromatic nitrogens is 2. The van der Waals surface area contributed by atoms with E-state index >= 15 is 0 Å². The first-order valence-corrected chi connectivity index (χ1v) is 6.56. The molecule has 3 aromatic rings. The maximum absolute atomic E-state index is 12.2. The van der Waals surface area contributed by atoms with Crippen molar-refractivity contribution < 1.29 is 9.53 Å². The molecule has 5 nitrogen and oxygen atoms in total. The van der Waals surface area contributed by atoms with Gasteiger partial charge in [0, 0.05) is 17.1 Å². The van der Waals surface area contributed by atoms with Crippen molar-refractivity contribution in [3.63, 3.8) is 0 Å². The van der Waals surface area contributed by atoms with Crippen molar-refractivity contribution in [3.8, 4) is 5.75 Å². The second-order valence-corrected chi connectivity index (χ2v) is 4.81. The Kier molecular flexibility index (Phi) is 3.31. The van der Waals surface area contributed by atoms with Crippen LogP contribution in [0.3, 0.4) is 0 Å². The molecule has 21 heavy (non-hydrogen) atoms. The maximum Gasteiger partial charge on any atom is 0.273 e. The van der Waals surface area contributed by atoms with Gasteiger partial charge >= 0.3 is 0 Å². The number of aromatic amines is 1. The Morgan fingerprint density at radius 2 is 2.10 bits per heavy atom. The second kappa shape index (κ2) is 5.28. The quantitative estimate of drug-likeness (QED) is 0.775. The summed E-state index contributed by atoms with van der Waals surface area (Å²) >= 11 is 0. The highest BCUT2D eigenvalue weighted by molar-refractivity contribution is 6.05. The molecule has 106 valence electrons. The van der Waals surface area contributed by atoms with Gasteiger partial charge in [0.1, 0.15) is 17.3 Å². The SMILES string of the molecule is COc1ccc2[nH]c(C(=O)Nc3cc(C)ccn3)cc2c1. The van der Waals surface area contributed by atoms with Crippen LogP contribution in [0.5, 0.6) is 5.75 Å². The maximum atomic E-state index is 12.2. The Bertz CT molecular complexity index is 808. The first-order valence-electron chi connectivity index (χ1n) is 6.56.